The molecule has 142 valence electrons. The zero-order valence-electron chi connectivity index (χ0n) is 15.5. The van der Waals surface area contributed by atoms with E-state index in [1.807, 2.05) is 31.2 Å². The van der Waals surface area contributed by atoms with Crippen LogP contribution >= 0.6 is 11.3 Å². The molecule has 3 aromatic heterocycles. The normalized spacial score (nSPS) is 16.4. The number of benzene rings is 1. The van der Waals surface area contributed by atoms with E-state index in [0.717, 1.165) is 29.5 Å². The van der Waals surface area contributed by atoms with Crippen molar-refractivity contribution in [2.45, 2.75) is 38.8 Å². The Balaban J connectivity index is 1.40. The maximum atomic E-state index is 12.8. The van der Waals surface area contributed by atoms with Crippen LogP contribution in [0.5, 0.6) is 0 Å². The number of hydrogen-bond acceptors (Lipinski definition) is 4. The summed E-state index contributed by atoms with van der Waals surface area (Å²) in [5.41, 5.74) is 3.76. The van der Waals surface area contributed by atoms with Gasteiger partial charge in [0.25, 0.3) is 5.56 Å². The Labute approximate surface area is 165 Å². The minimum absolute atomic E-state index is 0.00139. The van der Waals surface area contributed by atoms with Crippen molar-refractivity contribution < 1.29 is 4.79 Å². The molecule has 1 aliphatic carbocycles. The van der Waals surface area contributed by atoms with Crippen LogP contribution in [0.4, 0.5) is 0 Å². The van der Waals surface area contributed by atoms with Gasteiger partial charge in [-0.05, 0) is 49.4 Å². The van der Waals surface area contributed by atoms with Crippen molar-refractivity contribution in [3.8, 4) is 0 Å². The Morgan fingerprint density at radius 2 is 2.14 bits per heavy atom. The molecule has 0 radical (unpaired) electrons. The summed E-state index contributed by atoms with van der Waals surface area (Å²) >= 11 is 1.65. The van der Waals surface area contributed by atoms with Crippen LogP contribution in [-0.2, 0) is 17.8 Å². The Morgan fingerprint density at radius 1 is 1.29 bits per heavy atom. The fourth-order valence-corrected chi connectivity index (χ4v) is 5.06. The number of amides is 1. The molecule has 5 rings (SSSR count). The lowest BCUT2D eigenvalue weighted by molar-refractivity contribution is -0.122. The van der Waals surface area contributed by atoms with Gasteiger partial charge in [0.15, 0.2) is 0 Å². The van der Waals surface area contributed by atoms with E-state index in [9.17, 15) is 9.59 Å². The van der Waals surface area contributed by atoms with Crippen molar-refractivity contribution in [2.24, 2.45) is 0 Å². The molecule has 1 aromatic carbocycles. The van der Waals surface area contributed by atoms with Crippen molar-refractivity contribution in [1.29, 1.82) is 0 Å². The monoisotopic (exact) mass is 392 g/mol. The number of fused-ring (bicyclic) bond motifs is 4. The van der Waals surface area contributed by atoms with E-state index in [1.165, 1.54) is 20.7 Å². The highest BCUT2D eigenvalue weighted by Crippen LogP contribution is 2.29. The number of aryl methyl sites for hydroxylation is 2. The average Bonchev–Trinajstić information content (AvgIpc) is 3.21. The highest BCUT2D eigenvalue weighted by atomic mass is 32.1. The third-order valence-electron chi connectivity index (χ3n) is 5.41. The van der Waals surface area contributed by atoms with Crippen LogP contribution in [0.25, 0.3) is 15.7 Å². The van der Waals surface area contributed by atoms with Gasteiger partial charge >= 0.3 is 0 Å². The molecule has 1 aliphatic rings. The fraction of sp³-hybridized carbons (Fsp3) is 0.286. The van der Waals surface area contributed by atoms with Gasteiger partial charge in [-0.25, -0.2) is 4.68 Å². The first kappa shape index (κ1) is 17.2. The number of carbonyl (C=O) groups excluding carboxylic acids is 1. The quantitative estimate of drug-likeness (QED) is 0.582. The van der Waals surface area contributed by atoms with Crippen molar-refractivity contribution >= 4 is 33.0 Å². The van der Waals surface area contributed by atoms with Gasteiger partial charge in [0.2, 0.25) is 5.91 Å². The Kier molecular flexibility index (Phi) is 4.05. The van der Waals surface area contributed by atoms with Crippen LogP contribution in [0.1, 0.15) is 34.9 Å². The number of aromatic nitrogens is 3. The van der Waals surface area contributed by atoms with Crippen LogP contribution < -0.4 is 10.9 Å². The van der Waals surface area contributed by atoms with Gasteiger partial charge < -0.3 is 5.32 Å². The molecule has 1 N–H and O–H groups in total. The van der Waals surface area contributed by atoms with Crippen molar-refractivity contribution in [2.75, 3.05) is 0 Å². The van der Waals surface area contributed by atoms with E-state index in [4.69, 9.17) is 0 Å². The van der Waals surface area contributed by atoms with Gasteiger partial charge in [-0.3, -0.25) is 14.0 Å². The van der Waals surface area contributed by atoms with Crippen LogP contribution in [0.3, 0.4) is 0 Å². The van der Waals surface area contributed by atoms with E-state index < -0.39 is 0 Å². The third kappa shape index (κ3) is 2.82. The van der Waals surface area contributed by atoms with Crippen LogP contribution in [-0.4, -0.2) is 20.1 Å². The van der Waals surface area contributed by atoms with Gasteiger partial charge in [0.05, 0.1) is 16.3 Å². The van der Waals surface area contributed by atoms with E-state index in [0.29, 0.717) is 5.52 Å². The highest BCUT2D eigenvalue weighted by molar-refractivity contribution is 7.19. The van der Waals surface area contributed by atoms with E-state index in [1.54, 1.807) is 22.1 Å². The van der Waals surface area contributed by atoms with E-state index >= 15 is 0 Å². The number of carbonyl (C=O) groups is 1. The van der Waals surface area contributed by atoms with Crippen molar-refractivity contribution in [3.63, 3.8) is 0 Å². The fourth-order valence-electron chi connectivity index (χ4n) is 4.11. The molecule has 0 aliphatic heterocycles. The molecule has 7 heteroatoms. The lowest BCUT2D eigenvalue weighted by Gasteiger charge is -2.26. The molecule has 0 saturated carbocycles. The van der Waals surface area contributed by atoms with Crippen LogP contribution in [0.15, 0.2) is 47.5 Å². The van der Waals surface area contributed by atoms with Crippen molar-refractivity contribution in [3.05, 3.63) is 69.1 Å². The Bertz CT molecular complexity index is 1270. The summed E-state index contributed by atoms with van der Waals surface area (Å²) in [6, 6.07) is 12.2. The smallest absolute Gasteiger partial charge is 0.291 e. The molecule has 0 fully saturated rings. The predicted molar refractivity (Wildman–Crippen MR) is 110 cm³/mol. The number of nitrogens with zero attached hydrogens (tertiary/aromatic N) is 3. The molecule has 3 heterocycles. The molecular formula is C21H20N4O2S. The first-order valence-corrected chi connectivity index (χ1v) is 10.3. The number of nitrogens with one attached hydrogen (secondary N) is 1. The summed E-state index contributed by atoms with van der Waals surface area (Å²) in [6.45, 7) is 1.96. The standard InChI is InChI=1S/C21H20N4O2S/c1-13-9-17-19(28-13)10-18-21(27)25(22-12-24(17)18)11-20(26)23-16-8-4-6-14-5-2-3-7-15(14)16/h2-3,5,7,9-10,12,16H,4,6,8,11H2,1H3,(H,23,26). The number of rotatable bonds is 3. The van der Waals surface area contributed by atoms with Gasteiger partial charge in [-0.2, -0.15) is 5.10 Å². The molecule has 0 saturated heterocycles. The lowest BCUT2D eigenvalue weighted by atomic mass is 9.88. The summed E-state index contributed by atoms with van der Waals surface area (Å²) in [7, 11) is 0. The lowest BCUT2D eigenvalue weighted by Crippen LogP contribution is -2.37. The van der Waals surface area contributed by atoms with E-state index in [2.05, 4.69) is 22.5 Å². The zero-order valence-corrected chi connectivity index (χ0v) is 16.3. The third-order valence-corrected chi connectivity index (χ3v) is 6.40. The second-order valence-electron chi connectivity index (χ2n) is 7.31. The molecule has 28 heavy (non-hydrogen) atoms. The topological polar surface area (TPSA) is 68.4 Å². The average molecular weight is 392 g/mol. The Hall–Kier alpha value is -2.93. The molecule has 0 spiro atoms. The van der Waals surface area contributed by atoms with Crippen LogP contribution in [0, 0.1) is 6.92 Å². The van der Waals surface area contributed by atoms with Gasteiger partial charge in [0.1, 0.15) is 18.4 Å². The van der Waals surface area contributed by atoms with Gasteiger partial charge in [0, 0.05) is 4.88 Å². The summed E-state index contributed by atoms with van der Waals surface area (Å²) in [6.07, 6.45) is 4.63. The van der Waals surface area contributed by atoms with Gasteiger partial charge in [-0.15, -0.1) is 11.3 Å². The maximum absolute atomic E-state index is 12.8. The first-order chi connectivity index (χ1) is 13.6. The molecule has 4 aromatic rings. The maximum Gasteiger partial charge on any atom is 0.291 e. The minimum atomic E-state index is -0.247. The summed E-state index contributed by atoms with van der Waals surface area (Å²) in [5, 5.41) is 7.31. The summed E-state index contributed by atoms with van der Waals surface area (Å²) < 4.78 is 4.10. The molecule has 1 atom stereocenters. The zero-order chi connectivity index (χ0) is 19.3. The van der Waals surface area contributed by atoms with Gasteiger partial charge in [-0.1, -0.05) is 24.3 Å². The second-order valence-corrected chi connectivity index (χ2v) is 8.60. The Morgan fingerprint density at radius 3 is 3.04 bits per heavy atom. The first-order valence-electron chi connectivity index (χ1n) is 9.44. The summed E-state index contributed by atoms with van der Waals surface area (Å²) in [5.74, 6) is -0.190. The molecule has 1 amide bonds. The molecule has 1 unspecified atom stereocenters. The largest absolute Gasteiger partial charge is 0.348 e. The molecule has 6 nitrogen and oxygen atoms in total. The molecular weight excluding hydrogens is 372 g/mol. The minimum Gasteiger partial charge on any atom is -0.348 e. The number of thiophene rings is 1. The number of hydrogen-bond donors (Lipinski definition) is 1. The second kappa shape index (κ2) is 6.60. The SMILES string of the molecule is Cc1cc2c(cc3c(=O)n(CC(=O)NC4CCCc5ccccc54)ncn32)s1. The van der Waals surface area contributed by atoms with E-state index in [-0.39, 0.29) is 24.1 Å². The van der Waals surface area contributed by atoms with Crippen molar-refractivity contribution in [1.82, 2.24) is 19.5 Å². The highest BCUT2D eigenvalue weighted by Gasteiger charge is 2.22. The summed E-state index contributed by atoms with van der Waals surface area (Å²) in [4.78, 5) is 26.6. The predicted octanol–water partition coefficient (Wildman–Crippen LogP) is 3.21. The van der Waals surface area contributed by atoms with Crippen LogP contribution in [0.2, 0.25) is 0 Å². The molecule has 0 bridgehead atoms.